The van der Waals surface area contributed by atoms with Crippen molar-refractivity contribution in [3.63, 3.8) is 0 Å². The molecule has 1 fully saturated rings. The van der Waals surface area contributed by atoms with E-state index in [0.29, 0.717) is 11.0 Å². The summed E-state index contributed by atoms with van der Waals surface area (Å²) in [6.07, 6.45) is -0.829. The Balaban J connectivity index is 2.14. The van der Waals surface area contributed by atoms with Crippen molar-refractivity contribution in [1.82, 2.24) is 15.0 Å². The molecule has 0 radical (unpaired) electrons. The molecule has 0 aliphatic carbocycles. The van der Waals surface area contributed by atoms with Crippen LogP contribution in [0.2, 0.25) is 36.3 Å². The highest BCUT2D eigenvalue weighted by Gasteiger charge is 2.67. The molecule has 2 N–H and O–H groups in total. The van der Waals surface area contributed by atoms with Gasteiger partial charge in [-0.1, -0.05) is 62.7 Å². The van der Waals surface area contributed by atoms with E-state index in [1.165, 1.54) is 0 Å². The molecule has 1 spiro atoms. The fraction of sp³-hybridized carbons (Fsp3) is 0.818. The number of aromatic nitrogens is 3. The van der Waals surface area contributed by atoms with Crippen LogP contribution in [0.25, 0.3) is 0 Å². The van der Waals surface area contributed by atoms with Crippen molar-refractivity contribution >= 4 is 42.7 Å². The molecule has 4 atom stereocenters. The second kappa shape index (κ2) is 9.54. The van der Waals surface area contributed by atoms with Gasteiger partial charge in [-0.2, -0.15) is 8.42 Å². The summed E-state index contributed by atoms with van der Waals surface area (Å²) >= 11 is 3.40. The van der Waals surface area contributed by atoms with E-state index in [9.17, 15) is 8.42 Å². The van der Waals surface area contributed by atoms with E-state index >= 15 is 0 Å². The number of nitrogens with zero attached hydrogens (tertiary/aromatic N) is 3. The van der Waals surface area contributed by atoms with Crippen LogP contribution in [-0.2, 0) is 33.2 Å². The maximum absolute atomic E-state index is 12.8. The molecule has 0 bridgehead atoms. The monoisotopic (exact) mass is 624 g/mol. The molecule has 36 heavy (non-hydrogen) atoms. The van der Waals surface area contributed by atoms with E-state index in [-0.39, 0.29) is 22.4 Å². The van der Waals surface area contributed by atoms with E-state index in [1.54, 1.807) is 10.9 Å². The zero-order valence-corrected chi connectivity index (χ0v) is 27.4. The molecule has 3 rings (SSSR count). The second-order valence-electron chi connectivity index (χ2n) is 12.7. The molecular weight excluding hydrogens is 584 g/mol. The minimum absolute atomic E-state index is 0.0402. The first kappa shape index (κ1) is 29.9. The SMILES string of the molecule is CC(C)(C)[Si](C)(C)OC[C@H]1O[C@@H](n2cc(CBr)nn2)[C@H](O[Si](C)(C)C(C)(C)C)C12OS(=O)(=O)C=C2N. The van der Waals surface area contributed by atoms with Gasteiger partial charge in [-0.25, -0.2) is 8.86 Å². The zero-order valence-electron chi connectivity index (χ0n) is 23.0. The Bertz CT molecular complexity index is 1110. The highest BCUT2D eigenvalue weighted by molar-refractivity contribution is 9.08. The van der Waals surface area contributed by atoms with Gasteiger partial charge in [0.05, 0.1) is 29.6 Å². The lowest BCUT2D eigenvalue weighted by atomic mass is 9.89. The predicted octanol–water partition coefficient (Wildman–Crippen LogP) is 4.38. The third-order valence-corrected chi connectivity index (χ3v) is 18.6. The molecule has 14 heteroatoms. The Morgan fingerprint density at radius 2 is 1.72 bits per heavy atom. The van der Waals surface area contributed by atoms with Gasteiger partial charge in [-0.3, -0.25) is 0 Å². The topological polar surface area (TPSA) is 128 Å². The maximum Gasteiger partial charge on any atom is 0.292 e. The smallest absolute Gasteiger partial charge is 0.292 e. The van der Waals surface area contributed by atoms with Gasteiger partial charge in [0.2, 0.25) is 0 Å². The predicted molar refractivity (Wildman–Crippen MR) is 147 cm³/mol. The van der Waals surface area contributed by atoms with Gasteiger partial charge < -0.3 is 19.3 Å². The van der Waals surface area contributed by atoms with Crippen molar-refractivity contribution in [3.05, 3.63) is 23.0 Å². The lowest BCUT2D eigenvalue weighted by Gasteiger charge is -2.43. The molecule has 2 aliphatic rings. The normalized spacial score (nSPS) is 29.2. The first-order valence-corrected chi connectivity index (χ1v) is 20.4. The van der Waals surface area contributed by atoms with Gasteiger partial charge in [-0.15, -0.1) is 5.10 Å². The first-order chi connectivity index (χ1) is 16.2. The fourth-order valence-electron chi connectivity index (χ4n) is 3.70. The summed E-state index contributed by atoms with van der Waals surface area (Å²) in [6, 6.07) is 0. The number of nitrogens with two attached hydrogens (primary N) is 1. The van der Waals surface area contributed by atoms with Crippen LogP contribution >= 0.6 is 15.9 Å². The van der Waals surface area contributed by atoms with Crippen LogP contribution in [0.5, 0.6) is 0 Å². The first-order valence-electron chi connectivity index (χ1n) is 12.0. The van der Waals surface area contributed by atoms with Crippen molar-refractivity contribution in [1.29, 1.82) is 0 Å². The van der Waals surface area contributed by atoms with Crippen molar-refractivity contribution in [3.8, 4) is 0 Å². The number of halogens is 1. The summed E-state index contributed by atoms with van der Waals surface area (Å²) in [6.45, 7) is 21.3. The molecule has 0 saturated carbocycles. The highest BCUT2D eigenvalue weighted by atomic mass is 79.9. The van der Waals surface area contributed by atoms with Crippen LogP contribution in [0.15, 0.2) is 17.3 Å². The summed E-state index contributed by atoms with van der Waals surface area (Å²) in [4.78, 5) is 0. The number of rotatable bonds is 7. The minimum atomic E-state index is -4.06. The standard InChI is InChI=1S/C22H41BrN4O6SSi2/c1-20(2,3)35(7,8)30-13-17-22(16(24)14-34(28,29)33-22)18(32-36(9,10)21(4,5)6)19(31-17)27-12-15(11-23)25-26-27/h12,14,17-19H,11,13,24H2,1-10H3/t17-,18+,19-,22?/m1/s1. The largest absolute Gasteiger partial charge is 0.414 e. The van der Waals surface area contributed by atoms with E-state index in [2.05, 4.69) is 94.0 Å². The molecule has 10 nitrogen and oxygen atoms in total. The Labute approximate surface area is 225 Å². The Morgan fingerprint density at radius 1 is 1.14 bits per heavy atom. The van der Waals surface area contributed by atoms with Crippen LogP contribution < -0.4 is 5.73 Å². The molecule has 3 heterocycles. The number of alkyl halides is 1. The van der Waals surface area contributed by atoms with Crippen LogP contribution in [0.1, 0.15) is 53.5 Å². The average molecular weight is 626 g/mol. The van der Waals surface area contributed by atoms with Gasteiger partial charge in [0.15, 0.2) is 28.5 Å². The molecule has 206 valence electrons. The average Bonchev–Trinajstić information content (AvgIpc) is 3.34. The van der Waals surface area contributed by atoms with Crippen molar-refractivity contribution < 1.29 is 26.2 Å². The summed E-state index contributed by atoms with van der Waals surface area (Å²) in [5.74, 6) is 0. The van der Waals surface area contributed by atoms with Gasteiger partial charge in [0.25, 0.3) is 10.1 Å². The number of hydrogen-bond acceptors (Lipinski definition) is 9. The van der Waals surface area contributed by atoms with E-state index in [0.717, 1.165) is 5.41 Å². The van der Waals surface area contributed by atoms with Gasteiger partial charge in [0.1, 0.15) is 12.2 Å². The summed E-state index contributed by atoms with van der Waals surface area (Å²) < 4.78 is 52.8. The van der Waals surface area contributed by atoms with Gasteiger partial charge in [0, 0.05) is 5.33 Å². The molecular formula is C22H41BrN4O6SSi2. The van der Waals surface area contributed by atoms with Crippen LogP contribution in [0, 0.1) is 0 Å². The van der Waals surface area contributed by atoms with Crippen molar-refractivity contribution in [2.45, 2.75) is 107 Å². The Morgan fingerprint density at radius 3 is 2.17 bits per heavy atom. The molecule has 2 aliphatic heterocycles. The molecule has 0 aromatic carbocycles. The van der Waals surface area contributed by atoms with E-state index in [1.807, 2.05) is 0 Å². The van der Waals surface area contributed by atoms with Crippen LogP contribution in [0.3, 0.4) is 0 Å². The maximum atomic E-state index is 12.8. The number of hydrogen-bond donors (Lipinski definition) is 1. The van der Waals surface area contributed by atoms with Crippen LogP contribution in [0.4, 0.5) is 0 Å². The van der Waals surface area contributed by atoms with Gasteiger partial charge in [-0.05, 0) is 36.3 Å². The highest BCUT2D eigenvalue weighted by Crippen LogP contribution is 2.52. The quantitative estimate of drug-likeness (QED) is 0.267. The lowest BCUT2D eigenvalue weighted by Crippen LogP contribution is -2.59. The summed E-state index contributed by atoms with van der Waals surface area (Å²) in [7, 11) is -8.75. The van der Waals surface area contributed by atoms with E-state index < -0.39 is 50.8 Å². The summed E-state index contributed by atoms with van der Waals surface area (Å²) in [5.41, 5.74) is 5.61. The zero-order chi connectivity index (χ0) is 27.5. The van der Waals surface area contributed by atoms with Crippen LogP contribution in [-0.4, -0.2) is 64.5 Å². The van der Waals surface area contributed by atoms with Crippen molar-refractivity contribution in [2.24, 2.45) is 5.73 Å². The van der Waals surface area contributed by atoms with Crippen molar-refractivity contribution in [2.75, 3.05) is 6.61 Å². The minimum Gasteiger partial charge on any atom is -0.414 e. The lowest BCUT2D eigenvalue weighted by molar-refractivity contribution is -0.0595. The molecule has 1 aromatic rings. The summed E-state index contributed by atoms with van der Waals surface area (Å²) in [5, 5.41) is 9.67. The Hall–Kier alpha value is -0.616. The fourth-order valence-corrected chi connectivity index (χ4v) is 7.47. The third-order valence-electron chi connectivity index (χ3n) is 8.03. The molecule has 1 saturated heterocycles. The molecule has 1 unspecified atom stereocenters. The van der Waals surface area contributed by atoms with Gasteiger partial charge >= 0.3 is 0 Å². The van der Waals surface area contributed by atoms with E-state index in [4.69, 9.17) is 23.5 Å². The third kappa shape index (κ3) is 5.42. The number of ether oxygens (including phenoxy) is 1. The molecule has 1 aromatic heterocycles. The molecule has 0 amide bonds. The second-order valence-corrected chi connectivity index (χ2v) is 24.2. The Kier molecular flexibility index (Phi) is 7.93.